The Kier molecular flexibility index (Phi) is 6.08. The standard InChI is InChI=1S/C35H28O4/c1-35(2,27-7-15-31(16-8-27)38-33-13-5-23-19-29(36)11-3-25(23)21-33)28-9-17-32(18-10-28)39-34-14-6-24-20-30(37)12-4-26(24)22-34/h3-22,36-37H,1-2H3. The van der Waals surface area contributed by atoms with Gasteiger partial charge in [-0.1, -0.05) is 62.4 Å². The fourth-order valence-electron chi connectivity index (χ4n) is 4.87. The number of ether oxygens (including phenoxy) is 2. The van der Waals surface area contributed by atoms with Crippen molar-refractivity contribution in [2.45, 2.75) is 19.3 Å². The van der Waals surface area contributed by atoms with Gasteiger partial charge in [0.25, 0.3) is 0 Å². The lowest BCUT2D eigenvalue weighted by molar-refractivity contribution is 0.475. The Labute approximate surface area is 227 Å². The molecule has 0 amide bonds. The van der Waals surface area contributed by atoms with Crippen molar-refractivity contribution >= 4 is 21.5 Å². The molecule has 6 aromatic rings. The highest BCUT2D eigenvalue weighted by Crippen LogP contribution is 2.35. The van der Waals surface area contributed by atoms with Gasteiger partial charge in [-0.3, -0.25) is 0 Å². The van der Waals surface area contributed by atoms with Gasteiger partial charge in [0.05, 0.1) is 0 Å². The summed E-state index contributed by atoms with van der Waals surface area (Å²) in [5.41, 5.74) is 2.14. The topological polar surface area (TPSA) is 58.9 Å². The Balaban J connectivity index is 1.15. The second kappa shape index (κ2) is 9.73. The lowest BCUT2D eigenvalue weighted by Gasteiger charge is -2.26. The maximum absolute atomic E-state index is 9.68. The van der Waals surface area contributed by atoms with Crippen molar-refractivity contribution in [1.82, 2.24) is 0 Å². The molecule has 0 fully saturated rings. The molecule has 0 spiro atoms. The second-order valence-corrected chi connectivity index (χ2v) is 10.3. The number of benzene rings is 6. The molecule has 4 nitrogen and oxygen atoms in total. The molecule has 6 aromatic carbocycles. The highest BCUT2D eigenvalue weighted by molar-refractivity contribution is 5.86. The zero-order valence-corrected chi connectivity index (χ0v) is 21.8. The summed E-state index contributed by atoms with van der Waals surface area (Å²) < 4.78 is 12.2. The van der Waals surface area contributed by atoms with Crippen LogP contribution < -0.4 is 9.47 Å². The average molecular weight is 513 g/mol. The monoisotopic (exact) mass is 512 g/mol. The maximum atomic E-state index is 9.68. The van der Waals surface area contributed by atoms with Crippen LogP contribution in [0.1, 0.15) is 25.0 Å². The van der Waals surface area contributed by atoms with Gasteiger partial charge in [0.1, 0.15) is 34.5 Å². The summed E-state index contributed by atoms with van der Waals surface area (Å²) in [5.74, 6) is 3.54. The van der Waals surface area contributed by atoms with Crippen LogP contribution in [0.4, 0.5) is 0 Å². The molecule has 0 bridgehead atoms. The summed E-state index contributed by atoms with van der Waals surface area (Å²) in [4.78, 5) is 0. The van der Waals surface area contributed by atoms with Crippen LogP contribution in [0.3, 0.4) is 0 Å². The molecular formula is C35H28O4. The summed E-state index contributed by atoms with van der Waals surface area (Å²) in [5, 5.41) is 23.3. The molecule has 0 aliphatic carbocycles. The van der Waals surface area contributed by atoms with E-state index in [1.807, 2.05) is 72.8 Å². The molecule has 4 heteroatoms. The minimum atomic E-state index is -0.215. The number of rotatable bonds is 6. The molecule has 0 aromatic heterocycles. The van der Waals surface area contributed by atoms with Crippen molar-refractivity contribution in [3.63, 3.8) is 0 Å². The van der Waals surface area contributed by atoms with Crippen molar-refractivity contribution in [1.29, 1.82) is 0 Å². The molecule has 0 unspecified atom stereocenters. The molecule has 39 heavy (non-hydrogen) atoms. The summed E-state index contributed by atoms with van der Waals surface area (Å²) >= 11 is 0. The molecule has 0 aliphatic heterocycles. The van der Waals surface area contributed by atoms with Crippen LogP contribution in [0.15, 0.2) is 121 Å². The molecule has 0 atom stereocenters. The van der Waals surface area contributed by atoms with Gasteiger partial charge in [0, 0.05) is 5.41 Å². The zero-order valence-electron chi connectivity index (χ0n) is 21.8. The number of phenolic OH excluding ortho intramolecular Hbond substituents is 2. The van der Waals surface area contributed by atoms with E-state index in [1.54, 1.807) is 24.3 Å². The van der Waals surface area contributed by atoms with Crippen molar-refractivity contribution in [3.05, 3.63) is 132 Å². The smallest absolute Gasteiger partial charge is 0.128 e. The fraction of sp³-hybridized carbons (Fsp3) is 0.0857. The van der Waals surface area contributed by atoms with E-state index in [4.69, 9.17) is 9.47 Å². The van der Waals surface area contributed by atoms with Crippen molar-refractivity contribution < 1.29 is 19.7 Å². The average Bonchev–Trinajstić information content (AvgIpc) is 2.94. The van der Waals surface area contributed by atoms with E-state index in [9.17, 15) is 10.2 Å². The van der Waals surface area contributed by atoms with Gasteiger partial charge in [0.2, 0.25) is 0 Å². The van der Waals surface area contributed by atoms with Crippen molar-refractivity contribution in [2.24, 2.45) is 0 Å². The number of hydrogen-bond acceptors (Lipinski definition) is 4. The predicted molar refractivity (Wildman–Crippen MR) is 156 cm³/mol. The third-order valence-electron chi connectivity index (χ3n) is 7.21. The van der Waals surface area contributed by atoms with Crippen LogP contribution in [-0.4, -0.2) is 10.2 Å². The minimum Gasteiger partial charge on any atom is -0.508 e. The first-order valence-corrected chi connectivity index (χ1v) is 12.9. The van der Waals surface area contributed by atoms with Gasteiger partial charge in [0.15, 0.2) is 0 Å². The molecule has 192 valence electrons. The Morgan fingerprint density at radius 2 is 0.744 bits per heavy atom. The first-order chi connectivity index (χ1) is 18.8. The first-order valence-electron chi connectivity index (χ1n) is 12.9. The third kappa shape index (κ3) is 5.10. The lowest BCUT2D eigenvalue weighted by atomic mass is 9.78. The SMILES string of the molecule is CC(C)(c1ccc(Oc2ccc3cc(O)ccc3c2)cc1)c1ccc(Oc2ccc3cc(O)ccc3c2)cc1. The highest BCUT2D eigenvalue weighted by Gasteiger charge is 2.23. The number of fused-ring (bicyclic) bond motifs is 2. The van der Waals surface area contributed by atoms with Crippen LogP contribution in [0.2, 0.25) is 0 Å². The van der Waals surface area contributed by atoms with Crippen LogP contribution in [0, 0.1) is 0 Å². The summed E-state index contributed by atoms with van der Waals surface area (Å²) in [6.07, 6.45) is 0. The third-order valence-corrected chi connectivity index (χ3v) is 7.21. The molecule has 6 rings (SSSR count). The van der Waals surface area contributed by atoms with Crippen molar-refractivity contribution in [2.75, 3.05) is 0 Å². The van der Waals surface area contributed by atoms with Gasteiger partial charge < -0.3 is 19.7 Å². The van der Waals surface area contributed by atoms with Gasteiger partial charge in [-0.25, -0.2) is 0 Å². The quantitative estimate of drug-likeness (QED) is 0.233. The largest absolute Gasteiger partial charge is 0.508 e. The van der Waals surface area contributed by atoms with Crippen LogP contribution in [0.5, 0.6) is 34.5 Å². The Morgan fingerprint density at radius 1 is 0.410 bits per heavy atom. The highest BCUT2D eigenvalue weighted by atomic mass is 16.5. The predicted octanol–water partition coefficient (Wildman–Crippen LogP) is 9.31. The van der Waals surface area contributed by atoms with Gasteiger partial charge in [-0.05, 0) is 105 Å². The number of aromatic hydroxyl groups is 2. The molecule has 0 aliphatic rings. The van der Waals surface area contributed by atoms with Crippen LogP contribution in [0.25, 0.3) is 21.5 Å². The Hall–Kier alpha value is -4.96. The van der Waals surface area contributed by atoms with Gasteiger partial charge >= 0.3 is 0 Å². The molecule has 0 saturated heterocycles. The summed E-state index contributed by atoms with van der Waals surface area (Å²) in [6, 6.07) is 38.6. The minimum absolute atomic E-state index is 0.215. The molecule has 0 radical (unpaired) electrons. The lowest BCUT2D eigenvalue weighted by Crippen LogP contribution is -2.18. The van der Waals surface area contributed by atoms with Crippen LogP contribution >= 0.6 is 0 Å². The van der Waals surface area contributed by atoms with E-state index in [0.717, 1.165) is 44.5 Å². The zero-order chi connectivity index (χ0) is 27.0. The Morgan fingerprint density at radius 3 is 1.15 bits per heavy atom. The Bertz CT molecular complexity index is 1650. The van der Waals surface area contributed by atoms with Gasteiger partial charge in [-0.2, -0.15) is 0 Å². The number of phenols is 2. The van der Waals surface area contributed by atoms with Gasteiger partial charge in [-0.15, -0.1) is 0 Å². The van der Waals surface area contributed by atoms with E-state index in [2.05, 4.69) is 38.1 Å². The first kappa shape index (κ1) is 24.4. The van der Waals surface area contributed by atoms with E-state index < -0.39 is 0 Å². The van der Waals surface area contributed by atoms with E-state index in [0.29, 0.717) is 0 Å². The van der Waals surface area contributed by atoms with E-state index >= 15 is 0 Å². The van der Waals surface area contributed by atoms with Crippen LogP contribution in [-0.2, 0) is 5.41 Å². The van der Waals surface area contributed by atoms with E-state index in [-0.39, 0.29) is 16.9 Å². The summed E-state index contributed by atoms with van der Waals surface area (Å²) in [7, 11) is 0. The normalized spacial score (nSPS) is 11.5. The van der Waals surface area contributed by atoms with E-state index in [1.165, 1.54) is 11.1 Å². The fourth-order valence-corrected chi connectivity index (χ4v) is 4.87. The molecule has 2 N–H and O–H groups in total. The molecule has 0 saturated carbocycles. The molecular weight excluding hydrogens is 484 g/mol. The van der Waals surface area contributed by atoms with Crippen molar-refractivity contribution in [3.8, 4) is 34.5 Å². The second-order valence-electron chi connectivity index (χ2n) is 10.3. The summed E-state index contributed by atoms with van der Waals surface area (Å²) in [6.45, 7) is 4.41. The number of hydrogen-bond donors (Lipinski definition) is 2. The maximum Gasteiger partial charge on any atom is 0.128 e. The molecule has 0 heterocycles.